The number of fused-ring (bicyclic) bond motifs is 3. The van der Waals surface area contributed by atoms with Crippen LogP contribution in [0.1, 0.15) is 39.2 Å². The molecule has 1 aromatic carbocycles. The van der Waals surface area contributed by atoms with Crippen molar-refractivity contribution >= 4 is 23.1 Å². The molecule has 2 fully saturated rings. The number of methoxy groups -OCH3 is 2. The summed E-state index contributed by atoms with van der Waals surface area (Å²) in [4.78, 5) is 52.2. The van der Waals surface area contributed by atoms with Crippen LogP contribution >= 0.6 is 0 Å². The van der Waals surface area contributed by atoms with Gasteiger partial charge in [-0.15, -0.1) is 0 Å². The Morgan fingerprint density at radius 1 is 1.03 bits per heavy atom. The molecular formula is C27H34N6O6. The molecular weight excluding hydrogens is 504 g/mol. The fraction of sp³-hybridized carbons (Fsp3) is 0.519. The molecule has 2 aromatic heterocycles. The number of carbonyl (C=O) groups is 1. The summed E-state index contributed by atoms with van der Waals surface area (Å²) in [6.45, 7) is 6.71. The van der Waals surface area contributed by atoms with Gasteiger partial charge in [-0.25, -0.2) is 14.8 Å². The Hall–Kier alpha value is -4.09. The number of anilines is 1. The number of aryl methyl sites for hydroxylation is 1. The minimum atomic E-state index is -0.692. The fourth-order valence-electron chi connectivity index (χ4n) is 5.53. The first-order valence-corrected chi connectivity index (χ1v) is 12.9. The van der Waals surface area contributed by atoms with Crippen LogP contribution in [0.4, 0.5) is 10.6 Å². The molecule has 12 nitrogen and oxygen atoms in total. The van der Waals surface area contributed by atoms with E-state index in [0.29, 0.717) is 47.1 Å². The van der Waals surface area contributed by atoms with Gasteiger partial charge in [-0.1, -0.05) is 0 Å². The van der Waals surface area contributed by atoms with Crippen LogP contribution in [0.5, 0.6) is 11.5 Å². The molecule has 0 saturated carbocycles. The summed E-state index contributed by atoms with van der Waals surface area (Å²) in [5.74, 6) is 1.69. The quantitative estimate of drug-likeness (QED) is 0.450. The van der Waals surface area contributed by atoms with Gasteiger partial charge in [-0.05, 0) is 45.7 Å². The number of ether oxygens (including phenoxy) is 3. The van der Waals surface area contributed by atoms with Crippen LogP contribution in [-0.4, -0.2) is 75.1 Å². The van der Waals surface area contributed by atoms with Crippen molar-refractivity contribution in [3.05, 3.63) is 50.8 Å². The number of piperazine rings is 1. The SMILES string of the molecule is COc1ccc(Cn2c(=O)c(=O)n(C)c3c(N4CC5CCC(C4)N5C(=O)OC(C)(C)C)ncnc32)c(OC)c1. The van der Waals surface area contributed by atoms with E-state index in [1.54, 1.807) is 32.4 Å². The van der Waals surface area contributed by atoms with Crippen LogP contribution in [-0.2, 0) is 18.3 Å². The van der Waals surface area contributed by atoms with E-state index in [2.05, 4.69) is 14.9 Å². The number of amides is 1. The predicted molar refractivity (Wildman–Crippen MR) is 145 cm³/mol. The van der Waals surface area contributed by atoms with Gasteiger partial charge in [0, 0.05) is 31.8 Å². The molecule has 12 heteroatoms. The van der Waals surface area contributed by atoms with Gasteiger partial charge in [0.2, 0.25) is 0 Å². The van der Waals surface area contributed by atoms with Gasteiger partial charge in [0.1, 0.15) is 28.9 Å². The summed E-state index contributed by atoms with van der Waals surface area (Å²) < 4.78 is 19.1. The maximum absolute atomic E-state index is 13.2. The zero-order valence-electron chi connectivity index (χ0n) is 23.1. The molecule has 208 valence electrons. The smallest absolute Gasteiger partial charge is 0.410 e. The third-order valence-corrected chi connectivity index (χ3v) is 7.32. The average Bonchev–Trinajstić information content (AvgIpc) is 3.18. The normalized spacial score (nSPS) is 18.9. The molecule has 2 atom stereocenters. The van der Waals surface area contributed by atoms with Gasteiger partial charge in [-0.3, -0.25) is 19.1 Å². The van der Waals surface area contributed by atoms with Gasteiger partial charge in [-0.2, -0.15) is 0 Å². The first-order chi connectivity index (χ1) is 18.5. The van der Waals surface area contributed by atoms with E-state index in [1.807, 2.05) is 25.7 Å². The minimum Gasteiger partial charge on any atom is -0.497 e. The van der Waals surface area contributed by atoms with E-state index in [4.69, 9.17) is 14.2 Å². The number of hydrogen-bond donors (Lipinski definition) is 0. The molecule has 2 unspecified atom stereocenters. The Morgan fingerprint density at radius 3 is 2.33 bits per heavy atom. The van der Waals surface area contributed by atoms with E-state index >= 15 is 0 Å². The molecule has 1 amide bonds. The van der Waals surface area contributed by atoms with E-state index in [1.165, 1.54) is 22.6 Å². The summed E-state index contributed by atoms with van der Waals surface area (Å²) in [7, 11) is 4.66. The third kappa shape index (κ3) is 4.79. The number of hydrogen-bond acceptors (Lipinski definition) is 9. The molecule has 5 rings (SSSR count). The van der Waals surface area contributed by atoms with Crippen molar-refractivity contribution in [2.75, 3.05) is 32.2 Å². The summed E-state index contributed by atoms with van der Waals surface area (Å²) in [5.41, 5.74) is -0.458. The first kappa shape index (κ1) is 26.5. The number of nitrogens with zero attached hydrogens (tertiary/aromatic N) is 6. The maximum Gasteiger partial charge on any atom is 0.410 e. The number of rotatable bonds is 5. The van der Waals surface area contributed by atoms with Gasteiger partial charge >= 0.3 is 17.2 Å². The summed E-state index contributed by atoms with van der Waals surface area (Å²) in [6, 6.07) is 5.20. The first-order valence-electron chi connectivity index (χ1n) is 12.9. The van der Waals surface area contributed by atoms with Crippen molar-refractivity contribution in [3.63, 3.8) is 0 Å². The maximum atomic E-state index is 13.2. The zero-order valence-corrected chi connectivity index (χ0v) is 23.1. The lowest BCUT2D eigenvalue weighted by Gasteiger charge is -2.42. The van der Waals surface area contributed by atoms with E-state index in [0.717, 1.165) is 12.8 Å². The Labute approximate surface area is 225 Å². The van der Waals surface area contributed by atoms with Crippen LogP contribution in [0, 0.1) is 0 Å². The van der Waals surface area contributed by atoms with Crippen LogP contribution in [0.15, 0.2) is 34.1 Å². The summed E-state index contributed by atoms with van der Waals surface area (Å²) in [6.07, 6.45) is 2.80. The number of carbonyl (C=O) groups excluding carboxylic acids is 1. The Balaban J connectivity index is 1.54. The monoisotopic (exact) mass is 538 g/mol. The van der Waals surface area contributed by atoms with E-state index in [9.17, 15) is 14.4 Å². The van der Waals surface area contributed by atoms with Crippen LogP contribution in [0.2, 0.25) is 0 Å². The largest absolute Gasteiger partial charge is 0.497 e. The molecule has 0 spiro atoms. The molecule has 0 aliphatic carbocycles. The Morgan fingerprint density at radius 2 is 1.72 bits per heavy atom. The minimum absolute atomic E-state index is 0.0462. The summed E-state index contributed by atoms with van der Waals surface area (Å²) in [5, 5.41) is 0. The average molecular weight is 539 g/mol. The van der Waals surface area contributed by atoms with Gasteiger partial charge in [0.25, 0.3) is 0 Å². The highest BCUT2D eigenvalue weighted by atomic mass is 16.6. The lowest BCUT2D eigenvalue weighted by molar-refractivity contribution is 0.0123. The molecule has 2 saturated heterocycles. The zero-order chi connectivity index (χ0) is 28.1. The predicted octanol–water partition coefficient (Wildman–Crippen LogP) is 2.14. The fourth-order valence-corrected chi connectivity index (χ4v) is 5.53. The molecule has 2 aliphatic rings. The van der Waals surface area contributed by atoms with Gasteiger partial charge in [0.05, 0.1) is 32.8 Å². The topological polar surface area (TPSA) is 121 Å². The van der Waals surface area contributed by atoms with Crippen molar-refractivity contribution in [3.8, 4) is 11.5 Å². The van der Waals surface area contributed by atoms with Gasteiger partial charge < -0.3 is 23.7 Å². The third-order valence-electron chi connectivity index (χ3n) is 7.32. The molecule has 39 heavy (non-hydrogen) atoms. The highest BCUT2D eigenvalue weighted by molar-refractivity contribution is 5.84. The number of benzene rings is 1. The van der Waals surface area contributed by atoms with Gasteiger partial charge in [0.15, 0.2) is 11.5 Å². The van der Waals surface area contributed by atoms with Crippen LogP contribution in [0.25, 0.3) is 11.2 Å². The second-order valence-electron chi connectivity index (χ2n) is 11.0. The molecule has 2 aliphatic heterocycles. The van der Waals surface area contributed by atoms with E-state index in [-0.39, 0.29) is 24.7 Å². The molecule has 3 aromatic rings. The second-order valence-corrected chi connectivity index (χ2v) is 11.0. The van der Waals surface area contributed by atoms with Crippen molar-refractivity contribution in [1.29, 1.82) is 0 Å². The lowest BCUT2D eigenvalue weighted by atomic mass is 10.1. The lowest BCUT2D eigenvalue weighted by Crippen LogP contribution is -2.57. The van der Waals surface area contributed by atoms with Crippen molar-refractivity contribution in [2.45, 2.75) is 57.8 Å². The highest BCUT2D eigenvalue weighted by Crippen LogP contribution is 2.35. The van der Waals surface area contributed by atoms with Crippen molar-refractivity contribution in [1.82, 2.24) is 24.0 Å². The molecule has 0 N–H and O–H groups in total. The number of aromatic nitrogens is 4. The highest BCUT2D eigenvalue weighted by Gasteiger charge is 2.45. The standard InChI is InChI=1S/C27H34N6O6/c1-27(2,3)39-26(36)33-17-8-9-18(33)14-31(13-17)22-21-23(29-15-28-22)32(25(35)24(34)30(21)4)12-16-7-10-19(37-5)11-20(16)38-6/h7,10-11,15,17-18H,8-9,12-14H2,1-6H3. The second kappa shape index (κ2) is 9.90. The molecule has 2 bridgehead atoms. The van der Waals surface area contributed by atoms with Crippen molar-refractivity contribution in [2.24, 2.45) is 7.05 Å². The van der Waals surface area contributed by atoms with Crippen molar-refractivity contribution < 1.29 is 19.0 Å². The Bertz CT molecular complexity index is 1530. The van der Waals surface area contributed by atoms with E-state index < -0.39 is 16.7 Å². The molecule has 4 heterocycles. The molecule has 0 radical (unpaired) electrons. The van der Waals surface area contributed by atoms with Crippen LogP contribution < -0.4 is 25.5 Å². The van der Waals surface area contributed by atoms with Crippen LogP contribution in [0.3, 0.4) is 0 Å². The summed E-state index contributed by atoms with van der Waals surface area (Å²) >= 11 is 0. The Kier molecular flexibility index (Phi) is 6.73.